The Kier molecular flexibility index (Phi) is 6.91. The first-order valence-corrected chi connectivity index (χ1v) is 10.4. The number of hydrogen-bond donors (Lipinski definition) is 2. The van der Waals surface area contributed by atoms with Gasteiger partial charge in [0.25, 0.3) is 11.8 Å². The molecule has 3 aromatic carbocycles. The molecule has 2 amide bonds. The van der Waals surface area contributed by atoms with E-state index < -0.39 is 5.91 Å². The van der Waals surface area contributed by atoms with Gasteiger partial charge in [0.05, 0.1) is 21.3 Å². The highest BCUT2D eigenvalue weighted by Crippen LogP contribution is 2.38. The second-order valence-electron chi connectivity index (χ2n) is 7.18. The average molecular weight is 474 g/mol. The van der Waals surface area contributed by atoms with Crippen molar-refractivity contribution in [2.45, 2.75) is 0 Å². The molecule has 2 N–H and O–H groups in total. The number of amides is 2. The molecule has 1 aromatic heterocycles. The number of benzene rings is 3. The van der Waals surface area contributed by atoms with Crippen molar-refractivity contribution in [2.24, 2.45) is 0 Å². The van der Waals surface area contributed by atoms with Crippen LogP contribution in [0.25, 0.3) is 11.5 Å². The summed E-state index contributed by atoms with van der Waals surface area (Å²) in [6.07, 6.45) is 0. The maximum Gasteiger partial charge on any atom is 0.322 e. The Labute approximate surface area is 200 Å². The van der Waals surface area contributed by atoms with Crippen LogP contribution in [0.3, 0.4) is 0 Å². The van der Waals surface area contributed by atoms with Crippen molar-refractivity contribution in [3.05, 3.63) is 77.9 Å². The van der Waals surface area contributed by atoms with Crippen LogP contribution in [-0.2, 0) is 0 Å². The fourth-order valence-corrected chi connectivity index (χ4v) is 3.26. The molecule has 10 nitrogen and oxygen atoms in total. The molecule has 0 spiro atoms. The Morgan fingerprint density at radius 3 is 1.97 bits per heavy atom. The van der Waals surface area contributed by atoms with Gasteiger partial charge in [-0.25, -0.2) is 0 Å². The predicted octanol–water partition coefficient (Wildman–Crippen LogP) is 4.27. The van der Waals surface area contributed by atoms with Crippen LogP contribution in [0, 0.1) is 0 Å². The molecule has 0 saturated carbocycles. The third-order valence-electron chi connectivity index (χ3n) is 5.00. The lowest BCUT2D eigenvalue weighted by Gasteiger charge is -2.14. The Hall–Kier alpha value is -4.86. The summed E-state index contributed by atoms with van der Waals surface area (Å²) in [5, 5.41) is 13.1. The standard InChI is InChI=1S/C25H22N4O6/c1-32-19-13-17(14-20(33-2)21(19)34-3)23(31)26-18-11-9-15(10-12-18)22(30)27-25-29-28-24(35-25)16-7-5-4-6-8-16/h4-14H,1-3H3,(H,26,31)(H,27,29,30). The van der Waals surface area contributed by atoms with Crippen LogP contribution in [-0.4, -0.2) is 43.3 Å². The first-order valence-electron chi connectivity index (χ1n) is 10.4. The largest absolute Gasteiger partial charge is 0.493 e. The Balaban J connectivity index is 1.42. The van der Waals surface area contributed by atoms with E-state index in [4.69, 9.17) is 18.6 Å². The van der Waals surface area contributed by atoms with E-state index in [1.54, 1.807) is 36.4 Å². The molecular weight excluding hydrogens is 452 g/mol. The van der Waals surface area contributed by atoms with Crippen LogP contribution < -0.4 is 24.8 Å². The summed E-state index contributed by atoms with van der Waals surface area (Å²) in [5.41, 5.74) is 1.89. The van der Waals surface area contributed by atoms with E-state index in [1.165, 1.54) is 21.3 Å². The number of methoxy groups -OCH3 is 3. The molecule has 1 heterocycles. The molecule has 4 rings (SSSR count). The van der Waals surface area contributed by atoms with Gasteiger partial charge in [-0.2, -0.15) is 0 Å². The normalized spacial score (nSPS) is 10.4. The van der Waals surface area contributed by atoms with Gasteiger partial charge in [-0.15, -0.1) is 5.10 Å². The van der Waals surface area contributed by atoms with Crippen molar-refractivity contribution < 1.29 is 28.2 Å². The van der Waals surface area contributed by atoms with Gasteiger partial charge in [-0.1, -0.05) is 23.3 Å². The van der Waals surface area contributed by atoms with E-state index in [1.807, 2.05) is 30.3 Å². The number of hydrogen-bond acceptors (Lipinski definition) is 8. The summed E-state index contributed by atoms with van der Waals surface area (Å²) in [5.74, 6) is 0.585. The van der Waals surface area contributed by atoms with E-state index in [-0.39, 0.29) is 11.9 Å². The van der Waals surface area contributed by atoms with Crippen molar-refractivity contribution in [3.63, 3.8) is 0 Å². The van der Waals surface area contributed by atoms with E-state index in [0.29, 0.717) is 40.0 Å². The number of aromatic nitrogens is 2. The van der Waals surface area contributed by atoms with Gasteiger partial charge in [0.1, 0.15) is 0 Å². The SMILES string of the molecule is COc1cc(C(=O)Nc2ccc(C(=O)Nc3nnc(-c4ccccc4)o3)cc2)cc(OC)c1OC. The number of ether oxygens (including phenoxy) is 3. The lowest BCUT2D eigenvalue weighted by atomic mass is 10.1. The molecule has 0 radical (unpaired) electrons. The van der Waals surface area contributed by atoms with Crippen molar-refractivity contribution >= 4 is 23.5 Å². The monoisotopic (exact) mass is 474 g/mol. The molecule has 178 valence electrons. The Morgan fingerprint density at radius 1 is 0.743 bits per heavy atom. The highest BCUT2D eigenvalue weighted by atomic mass is 16.5. The third kappa shape index (κ3) is 5.22. The van der Waals surface area contributed by atoms with Crippen molar-refractivity contribution in [3.8, 4) is 28.7 Å². The molecule has 35 heavy (non-hydrogen) atoms. The van der Waals surface area contributed by atoms with E-state index in [0.717, 1.165) is 5.56 Å². The summed E-state index contributed by atoms with van der Waals surface area (Å²) in [7, 11) is 4.43. The first-order chi connectivity index (χ1) is 17.0. The van der Waals surface area contributed by atoms with Crippen LogP contribution in [0.1, 0.15) is 20.7 Å². The molecule has 0 atom stereocenters. The quantitative estimate of drug-likeness (QED) is 0.388. The number of carbonyl (C=O) groups is 2. The van der Waals surface area contributed by atoms with Crippen LogP contribution in [0.15, 0.2) is 71.1 Å². The average Bonchev–Trinajstić information content (AvgIpc) is 3.37. The minimum atomic E-state index is -0.434. The summed E-state index contributed by atoms with van der Waals surface area (Å²) in [4.78, 5) is 25.3. The molecule has 0 bridgehead atoms. The fraction of sp³-hybridized carbons (Fsp3) is 0.120. The Bertz CT molecular complexity index is 1310. The zero-order valence-electron chi connectivity index (χ0n) is 19.2. The lowest BCUT2D eigenvalue weighted by Crippen LogP contribution is -2.14. The zero-order chi connectivity index (χ0) is 24.8. The minimum Gasteiger partial charge on any atom is -0.493 e. The van der Waals surface area contributed by atoms with Gasteiger partial charge in [0, 0.05) is 22.4 Å². The van der Waals surface area contributed by atoms with Crippen molar-refractivity contribution in [2.75, 3.05) is 32.0 Å². The third-order valence-corrected chi connectivity index (χ3v) is 5.00. The summed E-state index contributed by atoms with van der Waals surface area (Å²) in [6, 6.07) is 18.6. The van der Waals surface area contributed by atoms with Gasteiger partial charge in [-0.05, 0) is 48.5 Å². The molecule has 0 unspecified atom stereocenters. The lowest BCUT2D eigenvalue weighted by molar-refractivity contribution is 0.101. The van der Waals surface area contributed by atoms with Crippen molar-refractivity contribution in [1.82, 2.24) is 10.2 Å². The maximum atomic E-state index is 12.8. The molecule has 10 heteroatoms. The highest BCUT2D eigenvalue weighted by Gasteiger charge is 2.18. The zero-order valence-corrected chi connectivity index (χ0v) is 19.2. The molecule has 0 aliphatic rings. The molecule has 0 aliphatic heterocycles. The smallest absolute Gasteiger partial charge is 0.322 e. The fourth-order valence-electron chi connectivity index (χ4n) is 3.26. The first kappa shape index (κ1) is 23.3. The second kappa shape index (κ2) is 10.4. The van der Waals surface area contributed by atoms with Crippen LogP contribution in [0.2, 0.25) is 0 Å². The molecule has 0 fully saturated rings. The van der Waals surface area contributed by atoms with Crippen LogP contribution >= 0.6 is 0 Å². The van der Waals surface area contributed by atoms with E-state index in [9.17, 15) is 9.59 Å². The number of nitrogens with zero attached hydrogens (tertiary/aromatic N) is 2. The summed E-state index contributed by atoms with van der Waals surface area (Å²) >= 11 is 0. The molecule has 0 saturated heterocycles. The number of anilines is 2. The van der Waals surface area contributed by atoms with Crippen LogP contribution in [0.5, 0.6) is 17.2 Å². The van der Waals surface area contributed by atoms with Gasteiger partial charge in [0.15, 0.2) is 11.5 Å². The van der Waals surface area contributed by atoms with Crippen LogP contribution in [0.4, 0.5) is 11.7 Å². The van der Waals surface area contributed by atoms with Crippen molar-refractivity contribution in [1.29, 1.82) is 0 Å². The van der Waals surface area contributed by atoms with E-state index >= 15 is 0 Å². The Morgan fingerprint density at radius 2 is 1.37 bits per heavy atom. The molecule has 4 aromatic rings. The van der Waals surface area contributed by atoms with Gasteiger partial charge in [-0.3, -0.25) is 14.9 Å². The number of rotatable bonds is 8. The van der Waals surface area contributed by atoms with Gasteiger partial charge >= 0.3 is 6.01 Å². The molecular formula is C25H22N4O6. The summed E-state index contributed by atoms with van der Waals surface area (Å²) < 4.78 is 21.4. The summed E-state index contributed by atoms with van der Waals surface area (Å²) in [6.45, 7) is 0. The predicted molar refractivity (Wildman–Crippen MR) is 128 cm³/mol. The van der Waals surface area contributed by atoms with Gasteiger partial charge < -0.3 is 23.9 Å². The second-order valence-corrected chi connectivity index (χ2v) is 7.18. The topological polar surface area (TPSA) is 125 Å². The van der Waals surface area contributed by atoms with E-state index in [2.05, 4.69) is 20.8 Å². The molecule has 0 aliphatic carbocycles. The number of carbonyl (C=O) groups excluding carboxylic acids is 2. The maximum absolute atomic E-state index is 12.8. The minimum absolute atomic E-state index is 0.0198. The highest BCUT2D eigenvalue weighted by molar-refractivity contribution is 6.06. The van der Waals surface area contributed by atoms with Gasteiger partial charge in [0.2, 0.25) is 11.6 Å². The number of nitrogens with one attached hydrogen (secondary N) is 2.